The van der Waals surface area contributed by atoms with Crippen molar-refractivity contribution in [3.63, 3.8) is 0 Å². The van der Waals surface area contributed by atoms with Crippen molar-refractivity contribution in [2.45, 2.75) is 6.42 Å². The van der Waals surface area contributed by atoms with Gasteiger partial charge in [0.2, 0.25) is 0 Å². The summed E-state index contributed by atoms with van der Waals surface area (Å²) < 4.78 is 5.07. The molecule has 7 heteroatoms. The molecule has 1 heterocycles. The minimum absolute atomic E-state index is 0.0990. The Labute approximate surface area is 110 Å². The number of H-pyrrole nitrogens is 1. The van der Waals surface area contributed by atoms with Gasteiger partial charge in [-0.3, -0.25) is 4.79 Å². The first-order valence-corrected chi connectivity index (χ1v) is 5.78. The van der Waals surface area contributed by atoms with Crippen LogP contribution >= 0.6 is 0 Å². The summed E-state index contributed by atoms with van der Waals surface area (Å²) in [6.07, 6.45) is 0.716. The number of nitrogens with one attached hydrogen (secondary N) is 2. The Balaban J connectivity index is 1.83. The zero-order valence-electron chi connectivity index (χ0n) is 10.5. The number of aromatic nitrogens is 3. The molecule has 0 aliphatic heterocycles. The highest BCUT2D eigenvalue weighted by Gasteiger charge is 2.12. The number of methoxy groups -OCH3 is 1. The summed E-state index contributed by atoms with van der Waals surface area (Å²) in [5.74, 6) is 0.574. The van der Waals surface area contributed by atoms with Crippen molar-refractivity contribution in [1.29, 1.82) is 0 Å². The normalized spacial score (nSPS) is 10.2. The first kappa shape index (κ1) is 12.9. The van der Waals surface area contributed by atoms with Gasteiger partial charge in [0.25, 0.3) is 5.91 Å². The Bertz CT molecular complexity index is 550. The fraction of sp³-hybridized carbons (Fsp3) is 0.250. The maximum atomic E-state index is 11.7. The van der Waals surface area contributed by atoms with Crippen LogP contribution in [0.5, 0.6) is 5.75 Å². The third-order valence-corrected chi connectivity index (χ3v) is 2.65. The van der Waals surface area contributed by atoms with Crippen molar-refractivity contribution < 1.29 is 9.53 Å². The summed E-state index contributed by atoms with van der Waals surface area (Å²) in [6.45, 7) is 0.497. The number of aromatic amines is 1. The second kappa shape index (κ2) is 5.85. The van der Waals surface area contributed by atoms with E-state index in [1.54, 1.807) is 7.11 Å². The number of ether oxygens (including phenoxy) is 1. The summed E-state index contributed by atoms with van der Waals surface area (Å²) in [5.41, 5.74) is 6.70. The molecule has 0 bridgehead atoms. The maximum absolute atomic E-state index is 11.7. The molecule has 7 nitrogen and oxygen atoms in total. The van der Waals surface area contributed by atoms with Crippen LogP contribution in [-0.2, 0) is 6.42 Å². The third kappa shape index (κ3) is 3.21. The molecule has 100 valence electrons. The standard InChI is InChI=1S/C12H15N5O2/c1-19-9-4-2-8(3-5-9)6-7-14-12(18)10-11(13)16-17-15-10/h2-5H,6-7H2,1H3,(H,14,18)(H3,13,15,16,17). The zero-order chi connectivity index (χ0) is 13.7. The largest absolute Gasteiger partial charge is 0.497 e. The highest BCUT2D eigenvalue weighted by Crippen LogP contribution is 2.11. The predicted molar refractivity (Wildman–Crippen MR) is 69.8 cm³/mol. The van der Waals surface area contributed by atoms with E-state index in [-0.39, 0.29) is 17.4 Å². The number of benzene rings is 1. The number of hydrogen-bond donors (Lipinski definition) is 3. The van der Waals surface area contributed by atoms with Crippen molar-refractivity contribution in [3.8, 4) is 5.75 Å². The van der Waals surface area contributed by atoms with Gasteiger partial charge in [-0.25, -0.2) is 0 Å². The highest BCUT2D eigenvalue weighted by atomic mass is 16.5. The lowest BCUT2D eigenvalue weighted by molar-refractivity contribution is 0.0950. The second-order valence-corrected chi connectivity index (χ2v) is 3.91. The fourth-order valence-electron chi connectivity index (χ4n) is 1.60. The number of amides is 1. The smallest absolute Gasteiger partial charge is 0.275 e. The number of carbonyl (C=O) groups excluding carboxylic acids is 1. The van der Waals surface area contributed by atoms with E-state index in [2.05, 4.69) is 20.7 Å². The Morgan fingerprint density at radius 2 is 2.11 bits per heavy atom. The molecular formula is C12H15N5O2. The summed E-state index contributed by atoms with van der Waals surface area (Å²) >= 11 is 0. The van der Waals surface area contributed by atoms with Crippen molar-refractivity contribution in [1.82, 2.24) is 20.7 Å². The molecule has 2 rings (SSSR count). The van der Waals surface area contributed by atoms with E-state index in [1.165, 1.54) is 0 Å². The lowest BCUT2D eigenvalue weighted by atomic mass is 10.1. The van der Waals surface area contributed by atoms with Gasteiger partial charge in [-0.2, -0.15) is 5.21 Å². The summed E-state index contributed by atoms with van der Waals surface area (Å²) in [6, 6.07) is 7.67. The quantitative estimate of drug-likeness (QED) is 0.721. The van der Waals surface area contributed by atoms with Crippen LogP contribution in [0.15, 0.2) is 24.3 Å². The Morgan fingerprint density at radius 1 is 1.37 bits per heavy atom. The molecule has 19 heavy (non-hydrogen) atoms. The van der Waals surface area contributed by atoms with Gasteiger partial charge in [0, 0.05) is 6.54 Å². The van der Waals surface area contributed by atoms with Crippen molar-refractivity contribution in [3.05, 3.63) is 35.5 Å². The van der Waals surface area contributed by atoms with E-state index in [0.717, 1.165) is 11.3 Å². The maximum Gasteiger partial charge on any atom is 0.275 e. The van der Waals surface area contributed by atoms with Crippen LogP contribution in [-0.4, -0.2) is 35.0 Å². The predicted octanol–water partition coefficient (Wildman–Crippen LogP) is 0.368. The SMILES string of the molecule is COc1ccc(CCNC(=O)c2n[nH]nc2N)cc1. The monoisotopic (exact) mass is 261 g/mol. The molecule has 0 radical (unpaired) electrons. The van der Waals surface area contributed by atoms with Gasteiger partial charge < -0.3 is 15.8 Å². The molecule has 2 aromatic rings. The molecule has 0 atom stereocenters. The van der Waals surface area contributed by atoms with Gasteiger partial charge >= 0.3 is 0 Å². The van der Waals surface area contributed by atoms with Gasteiger partial charge in [0.15, 0.2) is 11.5 Å². The average Bonchev–Trinajstić information content (AvgIpc) is 2.86. The highest BCUT2D eigenvalue weighted by molar-refractivity contribution is 5.96. The van der Waals surface area contributed by atoms with Gasteiger partial charge in [-0.05, 0) is 24.1 Å². The van der Waals surface area contributed by atoms with Crippen LogP contribution in [0.1, 0.15) is 16.1 Å². The second-order valence-electron chi connectivity index (χ2n) is 3.91. The van der Waals surface area contributed by atoms with Gasteiger partial charge in [-0.15, -0.1) is 10.2 Å². The minimum atomic E-state index is -0.334. The van der Waals surface area contributed by atoms with Gasteiger partial charge in [-0.1, -0.05) is 12.1 Å². The first-order chi connectivity index (χ1) is 9.20. The Hall–Kier alpha value is -2.57. The van der Waals surface area contributed by atoms with Crippen molar-refractivity contribution >= 4 is 11.7 Å². The molecule has 1 amide bonds. The number of nitrogens with two attached hydrogens (primary N) is 1. The molecule has 0 aliphatic rings. The molecule has 0 saturated carbocycles. The molecule has 0 fully saturated rings. The first-order valence-electron chi connectivity index (χ1n) is 5.78. The Morgan fingerprint density at radius 3 is 2.68 bits per heavy atom. The van der Waals surface area contributed by atoms with Crippen molar-refractivity contribution in [2.75, 3.05) is 19.4 Å². The average molecular weight is 261 g/mol. The molecule has 0 aliphatic carbocycles. The number of nitrogens with zero attached hydrogens (tertiary/aromatic N) is 2. The van der Waals surface area contributed by atoms with Gasteiger partial charge in [0.05, 0.1) is 7.11 Å². The van der Waals surface area contributed by atoms with Crippen LogP contribution in [0.4, 0.5) is 5.82 Å². The van der Waals surface area contributed by atoms with E-state index in [1.807, 2.05) is 24.3 Å². The van der Waals surface area contributed by atoms with Crippen LogP contribution < -0.4 is 15.8 Å². The van der Waals surface area contributed by atoms with Crippen LogP contribution in [0.25, 0.3) is 0 Å². The lowest BCUT2D eigenvalue weighted by Crippen LogP contribution is -2.26. The number of hydrogen-bond acceptors (Lipinski definition) is 5. The molecule has 0 spiro atoms. The number of anilines is 1. The third-order valence-electron chi connectivity index (χ3n) is 2.65. The Kier molecular flexibility index (Phi) is 3.97. The molecule has 0 unspecified atom stereocenters. The van der Waals surface area contributed by atoms with E-state index < -0.39 is 0 Å². The topological polar surface area (TPSA) is 106 Å². The summed E-state index contributed by atoms with van der Waals surface area (Å²) in [7, 11) is 1.62. The molecule has 0 saturated heterocycles. The molecular weight excluding hydrogens is 246 g/mol. The van der Waals surface area contributed by atoms with Crippen LogP contribution in [0, 0.1) is 0 Å². The van der Waals surface area contributed by atoms with Crippen LogP contribution in [0.2, 0.25) is 0 Å². The zero-order valence-corrected chi connectivity index (χ0v) is 10.5. The van der Waals surface area contributed by atoms with Crippen molar-refractivity contribution in [2.24, 2.45) is 0 Å². The molecule has 4 N–H and O–H groups in total. The van der Waals surface area contributed by atoms with Gasteiger partial charge in [0.1, 0.15) is 5.75 Å². The molecule has 1 aromatic heterocycles. The minimum Gasteiger partial charge on any atom is -0.497 e. The van der Waals surface area contributed by atoms with E-state index in [9.17, 15) is 4.79 Å². The fourth-order valence-corrected chi connectivity index (χ4v) is 1.60. The number of carbonyl (C=O) groups is 1. The number of rotatable bonds is 5. The van der Waals surface area contributed by atoms with E-state index in [4.69, 9.17) is 10.5 Å². The summed E-state index contributed by atoms with van der Waals surface area (Å²) in [5, 5.41) is 12.3. The summed E-state index contributed by atoms with van der Waals surface area (Å²) in [4.78, 5) is 11.7. The lowest BCUT2D eigenvalue weighted by Gasteiger charge is -2.05. The number of nitrogen functional groups attached to an aromatic ring is 1. The van der Waals surface area contributed by atoms with E-state index >= 15 is 0 Å². The van der Waals surface area contributed by atoms with E-state index in [0.29, 0.717) is 13.0 Å². The van der Waals surface area contributed by atoms with Crippen LogP contribution in [0.3, 0.4) is 0 Å². The molecule has 1 aromatic carbocycles.